The molecule has 9 heteroatoms. The first-order valence-corrected chi connectivity index (χ1v) is 16.3. The third kappa shape index (κ3) is 6.94. The molecular formula is C33H45N7OS. The molecule has 2 aromatic heterocycles. The number of nitrogens with zero attached hydrogens (tertiary/aromatic N) is 7. The highest BCUT2D eigenvalue weighted by molar-refractivity contribution is 7.19. The van der Waals surface area contributed by atoms with Crippen LogP contribution in [0.3, 0.4) is 0 Å². The SMILES string of the molecule is C=NCC1=C(C)C(=Nc2sc(N(CCCC)CCCC)nc2-c2ccccc2)c2nc(C(CC)CCCC)nn2C1=O. The summed E-state index contributed by atoms with van der Waals surface area (Å²) in [6, 6.07) is 10.2. The molecule has 3 aromatic rings. The Morgan fingerprint density at radius 1 is 1.00 bits per heavy atom. The predicted octanol–water partition coefficient (Wildman–Crippen LogP) is 8.28. The van der Waals surface area contributed by atoms with E-state index in [1.807, 2.05) is 25.1 Å². The minimum absolute atomic E-state index is 0.193. The van der Waals surface area contributed by atoms with Crippen molar-refractivity contribution < 1.29 is 4.79 Å². The quantitative estimate of drug-likeness (QED) is 0.157. The van der Waals surface area contributed by atoms with Gasteiger partial charge in [-0.05, 0) is 44.9 Å². The molecule has 4 rings (SSSR count). The fourth-order valence-corrected chi connectivity index (χ4v) is 6.21. The van der Waals surface area contributed by atoms with E-state index in [1.54, 1.807) is 11.3 Å². The number of hydrogen-bond donors (Lipinski definition) is 0. The van der Waals surface area contributed by atoms with Crippen LogP contribution in [-0.4, -0.2) is 57.7 Å². The lowest BCUT2D eigenvalue weighted by atomic mass is 9.98. The number of benzene rings is 1. The molecule has 0 saturated heterocycles. The van der Waals surface area contributed by atoms with Gasteiger partial charge in [-0.25, -0.2) is 15.0 Å². The number of thiazole rings is 1. The third-order valence-electron chi connectivity index (χ3n) is 7.82. The van der Waals surface area contributed by atoms with Gasteiger partial charge in [0.2, 0.25) is 0 Å². The van der Waals surface area contributed by atoms with E-state index in [0.29, 0.717) is 22.9 Å². The molecule has 0 saturated carbocycles. The lowest BCUT2D eigenvalue weighted by Crippen LogP contribution is -2.30. The molecule has 42 heavy (non-hydrogen) atoms. The number of allylic oxidation sites excluding steroid dienone is 1. The van der Waals surface area contributed by atoms with Gasteiger partial charge in [0.05, 0.1) is 6.54 Å². The molecular weight excluding hydrogens is 542 g/mol. The second-order valence-corrected chi connectivity index (χ2v) is 11.9. The largest absolute Gasteiger partial charge is 0.348 e. The first-order chi connectivity index (χ1) is 20.5. The summed E-state index contributed by atoms with van der Waals surface area (Å²) in [6.07, 6.45) is 8.58. The van der Waals surface area contributed by atoms with Crippen molar-refractivity contribution >= 4 is 39.8 Å². The van der Waals surface area contributed by atoms with Gasteiger partial charge < -0.3 is 4.90 Å². The smallest absolute Gasteiger partial charge is 0.278 e. The molecule has 0 bridgehead atoms. The second kappa shape index (κ2) is 15.1. The number of carbonyl (C=O) groups is 1. The maximum absolute atomic E-state index is 13.6. The molecule has 8 nitrogen and oxygen atoms in total. The van der Waals surface area contributed by atoms with Gasteiger partial charge in [0.1, 0.15) is 16.4 Å². The Labute approximate surface area is 254 Å². The topological polar surface area (TPSA) is 88.6 Å². The van der Waals surface area contributed by atoms with E-state index in [4.69, 9.17) is 20.1 Å². The fourth-order valence-electron chi connectivity index (χ4n) is 5.19. The van der Waals surface area contributed by atoms with Crippen LogP contribution in [0.2, 0.25) is 0 Å². The minimum Gasteiger partial charge on any atom is -0.348 e. The van der Waals surface area contributed by atoms with Crippen molar-refractivity contribution in [1.29, 1.82) is 0 Å². The number of aromatic nitrogens is 4. The van der Waals surface area contributed by atoms with Crippen LogP contribution in [0.15, 0.2) is 51.5 Å². The van der Waals surface area contributed by atoms with E-state index in [2.05, 4.69) is 56.4 Å². The Kier molecular flexibility index (Phi) is 11.3. The van der Waals surface area contributed by atoms with Crippen LogP contribution in [0.5, 0.6) is 0 Å². The summed E-state index contributed by atoms with van der Waals surface area (Å²) in [5.41, 5.74) is 3.82. The second-order valence-electron chi connectivity index (χ2n) is 10.9. The summed E-state index contributed by atoms with van der Waals surface area (Å²) in [7, 11) is 0. The van der Waals surface area contributed by atoms with Crippen molar-refractivity contribution in [3.63, 3.8) is 0 Å². The maximum atomic E-state index is 13.6. The standard InChI is InChI=1S/C33H45N7OS/c1-7-11-17-24(10-4)29-37-30-27(23(5)26(22-34-6)32(41)40(30)38-29)35-31-28(25-18-15-14-16-19-25)36-33(42-31)39(20-12-8-2)21-13-9-3/h14-16,18-19,24H,6-13,17,20-22H2,1-5H3. The molecule has 3 heterocycles. The lowest BCUT2D eigenvalue weighted by Gasteiger charge is -2.21. The number of carbonyl (C=O) groups excluding carboxylic acids is 1. The predicted molar refractivity (Wildman–Crippen MR) is 176 cm³/mol. The summed E-state index contributed by atoms with van der Waals surface area (Å²) in [6.45, 7) is 16.5. The fraction of sp³-hybridized carbons (Fsp3) is 0.515. The molecule has 1 unspecified atom stereocenters. The van der Waals surface area contributed by atoms with Crippen LogP contribution >= 0.6 is 11.3 Å². The molecule has 1 aliphatic heterocycles. The molecule has 1 atom stereocenters. The minimum atomic E-state index is -0.198. The van der Waals surface area contributed by atoms with Gasteiger partial charge >= 0.3 is 0 Å². The number of fused-ring (bicyclic) bond motifs is 1. The molecule has 0 radical (unpaired) electrons. The van der Waals surface area contributed by atoms with E-state index < -0.39 is 0 Å². The molecule has 0 amide bonds. The van der Waals surface area contributed by atoms with Crippen molar-refractivity contribution in [1.82, 2.24) is 19.7 Å². The number of aliphatic imine (C=N–C) groups is 2. The van der Waals surface area contributed by atoms with Gasteiger partial charge in [-0.2, -0.15) is 4.68 Å². The van der Waals surface area contributed by atoms with Gasteiger partial charge in [-0.1, -0.05) is 95.0 Å². The molecule has 1 aromatic carbocycles. The highest BCUT2D eigenvalue weighted by Crippen LogP contribution is 2.41. The van der Waals surface area contributed by atoms with E-state index in [9.17, 15) is 4.79 Å². The van der Waals surface area contributed by atoms with E-state index in [1.165, 1.54) is 4.68 Å². The van der Waals surface area contributed by atoms with Crippen molar-refractivity contribution in [2.45, 2.75) is 91.9 Å². The average molecular weight is 588 g/mol. The molecule has 0 aliphatic carbocycles. The summed E-state index contributed by atoms with van der Waals surface area (Å²) in [4.78, 5) is 35.4. The van der Waals surface area contributed by atoms with Gasteiger partial charge in [-0.15, -0.1) is 5.10 Å². The monoisotopic (exact) mass is 587 g/mol. The number of unbranched alkanes of at least 4 members (excludes halogenated alkanes) is 3. The van der Waals surface area contributed by atoms with Crippen LogP contribution < -0.4 is 4.90 Å². The number of rotatable bonds is 16. The first-order valence-electron chi connectivity index (χ1n) is 15.5. The summed E-state index contributed by atoms with van der Waals surface area (Å²) in [5.74, 6) is 1.20. The van der Waals surface area contributed by atoms with Gasteiger partial charge in [0, 0.05) is 30.1 Å². The summed E-state index contributed by atoms with van der Waals surface area (Å²) < 4.78 is 1.44. The van der Waals surface area contributed by atoms with Crippen LogP contribution in [0.25, 0.3) is 11.3 Å². The Morgan fingerprint density at radius 3 is 2.31 bits per heavy atom. The maximum Gasteiger partial charge on any atom is 0.278 e. The molecule has 0 spiro atoms. The number of anilines is 1. The summed E-state index contributed by atoms with van der Waals surface area (Å²) >= 11 is 1.60. The van der Waals surface area contributed by atoms with Gasteiger partial charge in [-0.3, -0.25) is 9.79 Å². The highest BCUT2D eigenvalue weighted by atomic mass is 32.1. The Morgan fingerprint density at radius 2 is 1.69 bits per heavy atom. The van der Waals surface area contributed by atoms with Crippen molar-refractivity contribution in [3.05, 3.63) is 53.1 Å². The van der Waals surface area contributed by atoms with Gasteiger partial charge in [0.25, 0.3) is 5.91 Å². The highest BCUT2D eigenvalue weighted by Gasteiger charge is 2.33. The van der Waals surface area contributed by atoms with Crippen molar-refractivity contribution in [2.75, 3.05) is 24.5 Å². The lowest BCUT2D eigenvalue weighted by molar-refractivity contribution is 0.0934. The van der Waals surface area contributed by atoms with Crippen LogP contribution in [0, 0.1) is 0 Å². The Balaban J connectivity index is 1.89. The Hall–Kier alpha value is -3.46. The average Bonchev–Trinajstić information content (AvgIpc) is 3.64. The Bertz CT molecular complexity index is 1410. The molecule has 0 fully saturated rings. The van der Waals surface area contributed by atoms with Crippen LogP contribution in [0.4, 0.5) is 10.1 Å². The molecule has 0 N–H and O–H groups in total. The van der Waals surface area contributed by atoms with E-state index in [-0.39, 0.29) is 18.4 Å². The zero-order valence-corrected chi connectivity index (χ0v) is 26.7. The van der Waals surface area contributed by atoms with E-state index >= 15 is 0 Å². The third-order valence-corrected chi connectivity index (χ3v) is 8.83. The zero-order valence-electron chi connectivity index (χ0n) is 25.9. The van der Waals surface area contributed by atoms with E-state index in [0.717, 1.165) is 91.4 Å². The normalized spacial score (nSPS) is 14.9. The van der Waals surface area contributed by atoms with Crippen LogP contribution in [0.1, 0.15) is 108 Å². The molecule has 1 aliphatic rings. The first kappa shape index (κ1) is 31.5. The molecule has 224 valence electrons. The van der Waals surface area contributed by atoms with Crippen molar-refractivity contribution in [3.8, 4) is 11.3 Å². The van der Waals surface area contributed by atoms with Gasteiger partial charge in [0.15, 0.2) is 16.8 Å². The number of hydrogen-bond acceptors (Lipinski definition) is 8. The van der Waals surface area contributed by atoms with Crippen LogP contribution in [-0.2, 0) is 0 Å². The summed E-state index contributed by atoms with van der Waals surface area (Å²) in [5, 5.41) is 6.53. The van der Waals surface area contributed by atoms with Crippen molar-refractivity contribution in [2.24, 2.45) is 9.98 Å². The zero-order chi connectivity index (χ0) is 30.1.